The van der Waals surface area contributed by atoms with Crippen LogP contribution in [0, 0.1) is 13.8 Å². The van der Waals surface area contributed by atoms with Crippen LogP contribution in [0.3, 0.4) is 0 Å². The van der Waals surface area contributed by atoms with Crippen molar-refractivity contribution in [1.29, 1.82) is 0 Å². The van der Waals surface area contributed by atoms with Crippen molar-refractivity contribution in [3.8, 4) is 28.6 Å². The number of hydrogen-bond donors (Lipinski definition) is 1. The fourth-order valence-electron chi connectivity index (χ4n) is 3.30. The monoisotopic (exact) mass is 433 g/mol. The van der Waals surface area contributed by atoms with Crippen LogP contribution in [0.5, 0.6) is 11.5 Å². The van der Waals surface area contributed by atoms with Crippen LogP contribution in [0.25, 0.3) is 17.1 Å². The number of hydrogen-bond acceptors (Lipinski definition) is 7. The number of aryl methyl sites for hydroxylation is 2. The lowest BCUT2D eigenvalue weighted by molar-refractivity contribution is 0.0942. The minimum Gasteiger partial charge on any atom is -0.497 e. The van der Waals surface area contributed by atoms with Crippen molar-refractivity contribution in [1.82, 2.24) is 25.2 Å². The molecule has 0 aliphatic rings. The summed E-state index contributed by atoms with van der Waals surface area (Å²) in [5, 5.41) is 11.1. The van der Waals surface area contributed by atoms with Gasteiger partial charge in [0.15, 0.2) is 17.3 Å². The van der Waals surface area contributed by atoms with E-state index in [-0.39, 0.29) is 11.6 Å². The van der Waals surface area contributed by atoms with Gasteiger partial charge in [-0.25, -0.2) is 9.67 Å². The summed E-state index contributed by atoms with van der Waals surface area (Å²) in [5.74, 6) is 1.99. The standard InChI is InChI=1S/C23H23N5O4/c1-14-9-15(2)28(26-14)22-8-5-16(12-24-22)13-25-23(29)19-11-21(32-27-19)18-10-17(30-3)6-7-20(18)31-4/h5-12H,13H2,1-4H3,(H,25,29). The van der Waals surface area contributed by atoms with E-state index >= 15 is 0 Å². The van der Waals surface area contributed by atoms with Crippen molar-refractivity contribution in [3.63, 3.8) is 0 Å². The molecule has 4 aromatic rings. The van der Waals surface area contributed by atoms with Gasteiger partial charge in [0.05, 0.1) is 25.5 Å². The average molecular weight is 433 g/mol. The van der Waals surface area contributed by atoms with Crippen LogP contribution in [0.1, 0.15) is 27.4 Å². The van der Waals surface area contributed by atoms with Crippen molar-refractivity contribution in [2.45, 2.75) is 20.4 Å². The Balaban J connectivity index is 1.43. The molecule has 0 aliphatic carbocycles. The molecule has 1 amide bonds. The van der Waals surface area contributed by atoms with Gasteiger partial charge in [-0.15, -0.1) is 0 Å². The maximum atomic E-state index is 12.6. The fourth-order valence-corrected chi connectivity index (χ4v) is 3.30. The predicted molar refractivity (Wildman–Crippen MR) is 117 cm³/mol. The second-order valence-corrected chi connectivity index (χ2v) is 7.19. The quantitative estimate of drug-likeness (QED) is 0.476. The molecule has 9 nitrogen and oxygen atoms in total. The molecule has 0 spiro atoms. The molecule has 0 aliphatic heterocycles. The van der Waals surface area contributed by atoms with E-state index in [4.69, 9.17) is 14.0 Å². The molecule has 0 radical (unpaired) electrons. The van der Waals surface area contributed by atoms with E-state index < -0.39 is 0 Å². The molecule has 0 fully saturated rings. The molecule has 1 N–H and O–H groups in total. The molecular formula is C23H23N5O4. The number of benzene rings is 1. The number of pyridine rings is 1. The number of nitrogens with one attached hydrogen (secondary N) is 1. The Labute approximate surface area is 185 Å². The SMILES string of the molecule is COc1ccc(OC)c(-c2cc(C(=O)NCc3ccc(-n4nc(C)cc4C)nc3)no2)c1. The molecule has 164 valence electrons. The summed E-state index contributed by atoms with van der Waals surface area (Å²) in [6, 6.07) is 12.6. The number of methoxy groups -OCH3 is 2. The van der Waals surface area contributed by atoms with Gasteiger partial charge < -0.3 is 19.3 Å². The largest absolute Gasteiger partial charge is 0.497 e. The van der Waals surface area contributed by atoms with Gasteiger partial charge in [0.2, 0.25) is 0 Å². The second-order valence-electron chi connectivity index (χ2n) is 7.19. The maximum Gasteiger partial charge on any atom is 0.273 e. The van der Waals surface area contributed by atoms with E-state index in [9.17, 15) is 4.79 Å². The molecule has 0 saturated heterocycles. The summed E-state index contributed by atoms with van der Waals surface area (Å²) in [6.07, 6.45) is 1.71. The van der Waals surface area contributed by atoms with E-state index in [1.165, 1.54) is 0 Å². The Kier molecular flexibility index (Phi) is 5.89. The van der Waals surface area contributed by atoms with Gasteiger partial charge in [0.1, 0.15) is 11.5 Å². The van der Waals surface area contributed by atoms with Crippen LogP contribution >= 0.6 is 0 Å². The number of aromatic nitrogens is 4. The Hall–Kier alpha value is -4.14. The second kappa shape index (κ2) is 8.93. The zero-order chi connectivity index (χ0) is 22.7. The lowest BCUT2D eigenvalue weighted by Gasteiger charge is -2.07. The van der Waals surface area contributed by atoms with Crippen LogP contribution in [0.4, 0.5) is 0 Å². The number of carbonyl (C=O) groups is 1. The summed E-state index contributed by atoms with van der Waals surface area (Å²) in [6.45, 7) is 4.21. The molecular weight excluding hydrogens is 410 g/mol. The number of ether oxygens (including phenoxy) is 2. The van der Waals surface area contributed by atoms with Gasteiger partial charge in [-0.2, -0.15) is 5.10 Å². The van der Waals surface area contributed by atoms with Crippen LogP contribution in [0.15, 0.2) is 53.2 Å². The van der Waals surface area contributed by atoms with Gasteiger partial charge in [0, 0.05) is 24.5 Å². The normalized spacial score (nSPS) is 10.8. The van der Waals surface area contributed by atoms with Gasteiger partial charge >= 0.3 is 0 Å². The van der Waals surface area contributed by atoms with E-state index in [1.54, 1.807) is 49.4 Å². The van der Waals surface area contributed by atoms with Gasteiger partial charge in [0.25, 0.3) is 5.91 Å². The van der Waals surface area contributed by atoms with Gasteiger partial charge in [-0.1, -0.05) is 11.2 Å². The first kappa shape index (κ1) is 21.1. The minimum atomic E-state index is -0.357. The lowest BCUT2D eigenvalue weighted by atomic mass is 10.1. The molecule has 0 bridgehead atoms. The highest BCUT2D eigenvalue weighted by Gasteiger charge is 2.17. The third kappa shape index (κ3) is 4.31. The highest BCUT2D eigenvalue weighted by molar-refractivity contribution is 5.93. The van der Waals surface area contributed by atoms with Crippen LogP contribution in [-0.4, -0.2) is 40.0 Å². The van der Waals surface area contributed by atoms with E-state index in [0.717, 1.165) is 22.8 Å². The highest BCUT2D eigenvalue weighted by atomic mass is 16.5. The van der Waals surface area contributed by atoms with Gasteiger partial charge in [-0.3, -0.25) is 4.79 Å². The van der Waals surface area contributed by atoms with Crippen molar-refractivity contribution in [2.24, 2.45) is 0 Å². The first-order valence-corrected chi connectivity index (χ1v) is 9.94. The number of amides is 1. The number of nitrogens with zero attached hydrogens (tertiary/aromatic N) is 4. The summed E-state index contributed by atoms with van der Waals surface area (Å²) in [7, 11) is 3.13. The first-order chi connectivity index (χ1) is 15.5. The van der Waals surface area contributed by atoms with E-state index in [0.29, 0.717) is 29.4 Å². The smallest absolute Gasteiger partial charge is 0.273 e. The van der Waals surface area contributed by atoms with Crippen LogP contribution < -0.4 is 14.8 Å². The fraction of sp³-hybridized carbons (Fsp3) is 0.217. The summed E-state index contributed by atoms with van der Waals surface area (Å²) in [5.41, 5.74) is 3.59. The molecule has 3 heterocycles. The Bertz CT molecular complexity index is 1240. The zero-order valence-corrected chi connectivity index (χ0v) is 18.2. The molecule has 1 aromatic carbocycles. The third-order valence-corrected chi connectivity index (χ3v) is 4.90. The number of rotatable bonds is 7. The zero-order valence-electron chi connectivity index (χ0n) is 18.2. The molecule has 0 saturated carbocycles. The predicted octanol–water partition coefficient (Wildman–Crippen LogP) is 3.49. The summed E-state index contributed by atoms with van der Waals surface area (Å²) >= 11 is 0. The van der Waals surface area contributed by atoms with Crippen molar-refractivity contribution in [2.75, 3.05) is 14.2 Å². The third-order valence-electron chi connectivity index (χ3n) is 4.90. The maximum absolute atomic E-state index is 12.6. The Morgan fingerprint density at radius 3 is 2.59 bits per heavy atom. The summed E-state index contributed by atoms with van der Waals surface area (Å²) in [4.78, 5) is 17.0. The van der Waals surface area contributed by atoms with E-state index in [1.807, 2.05) is 32.0 Å². The Morgan fingerprint density at radius 1 is 1.09 bits per heavy atom. The first-order valence-electron chi connectivity index (χ1n) is 9.94. The van der Waals surface area contributed by atoms with Crippen LogP contribution in [-0.2, 0) is 6.54 Å². The highest BCUT2D eigenvalue weighted by Crippen LogP contribution is 2.33. The molecule has 0 atom stereocenters. The van der Waals surface area contributed by atoms with Gasteiger partial charge in [-0.05, 0) is 49.7 Å². The molecule has 32 heavy (non-hydrogen) atoms. The summed E-state index contributed by atoms with van der Waals surface area (Å²) < 4.78 is 17.8. The minimum absolute atomic E-state index is 0.164. The lowest BCUT2D eigenvalue weighted by Crippen LogP contribution is -2.23. The molecule has 4 rings (SSSR count). The molecule has 9 heteroatoms. The van der Waals surface area contributed by atoms with E-state index in [2.05, 4.69) is 20.6 Å². The van der Waals surface area contributed by atoms with Crippen molar-refractivity contribution < 1.29 is 18.8 Å². The van der Waals surface area contributed by atoms with Crippen molar-refractivity contribution in [3.05, 3.63) is 71.3 Å². The average Bonchev–Trinajstić information content (AvgIpc) is 3.43. The molecule has 3 aromatic heterocycles. The van der Waals surface area contributed by atoms with Crippen molar-refractivity contribution >= 4 is 5.91 Å². The Morgan fingerprint density at radius 2 is 1.94 bits per heavy atom. The number of carbonyl (C=O) groups excluding carboxylic acids is 1. The topological polar surface area (TPSA) is 104 Å². The van der Waals surface area contributed by atoms with Crippen LogP contribution in [0.2, 0.25) is 0 Å². The molecule has 0 unspecified atom stereocenters.